The van der Waals surface area contributed by atoms with Gasteiger partial charge in [-0.15, -0.1) is 0 Å². The van der Waals surface area contributed by atoms with E-state index in [1.54, 1.807) is 0 Å². The number of ketones is 1. The molecule has 8 nitrogen and oxygen atoms in total. The summed E-state index contributed by atoms with van der Waals surface area (Å²) in [6.45, 7) is 0.317. The van der Waals surface area contributed by atoms with Crippen LogP contribution in [0.3, 0.4) is 0 Å². The first-order valence-electron chi connectivity index (χ1n) is 11.8. The average molecular weight is 591 g/mol. The molecule has 0 unspecified atom stereocenters. The van der Waals surface area contributed by atoms with Crippen LogP contribution in [-0.4, -0.2) is 34.0 Å². The second kappa shape index (κ2) is 10.1. The first kappa shape index (κ1) is 28.0. The molecule has 1 aliphatic heterocycles. The summed E-state index contributed by atoms with van der Waals surface area (Å²) < 4.78 is 75.5. The molecule has 1 saturated heterocycles. The minimum absolute atomic E-state index is 0.00314. The van der Waals surface area contributed by atoms with Gasteiger partial charge in [0.05, 0.1) is 57.7 Å². The number of amides is 1. The molecule has 1 aromatic heterocycles. The fraction of sp³-hybridized carbons (Fsp3) is 0.185. The topological polar surface area (TPSA) is 106 Å². The van der Waals surface area contributed by atoms with Crippen molar-refractivity contribution in [2.45, 2.75) is 12.2 Å². The average Bonchev–Trinajstić information content (AvgIpc) is 3.12. The number of nitrogens with zero attached hydrogens (tertiary/aromatic N) is 3. The van der Waals surface area contributed by atoms with Crippen molar-refractivity contribution in [2.24, 2.45) is 7.05 Å². The summed E-state index contributed by atoms with van der Waals surface area (Å²) in [4.78, 5) is 40.0. The van der Waals surface area contributed by atoms with Gasteiger partial charge in [-0.2, -0.15) is 18.4 Å². The number of alkyl halides is 3. The Labute approximate surface area is 232 Å². The van der Waals surface area contributed by atoms with Crippen molar-refractivity contribution >= 4 is 40.0 Å². The van der Waals surface area contributed by atoms with Crippen LogP contribution in [0.15, 0.2) is 47.3 Å². The Bertz CT molecular complexity index is 1870. The number of fused-ring (bicyclic) bond motifs is 1. The van der Waals surface area contributed by atoms with Crippen LogP contribution in [0.5, 0.6) is 0 Å². The van der Waals surface area contributed by atoms with E-state index in [0.29, 0.717) is 12.1 Å². The van der Waals surface area contributed by atoms with E-state index < -0.39 is 69.2 Å². The first-order chi connectivity index (χ1) is 19.3. The van der Waals surface area contributed by atoms with Gasteiger partial charge in [-0.25, -0.2) is 13.6 Å². The van der Waals surface area contributed by atoms with Gasteiger partial charge in [0.25, 0.3) is 5.91 Å². The fourth-order valence-electron chi connectivity index (χ4n) is 4.60. The maximum atomic E-state index is 14.1. The van der Waals surface area contributed by atoms with Gasteiger partial charge in [0.15, 0.2) is 5.78 Å². The van der Waals surface area contributed by atoms with E-state index in [2.05, 4.69) is 5.32 Å². The normalized spacial score (nSPS) is 13.6. The van der Waals surface area contributed by atoms with Crippen LogP contribution >= 0.6 is 11.6 Å². The Morgan fingerprint density at radius 1 is 1.10 bits per heavy atom. The van der Waals surface area contributed by atoms with Gasteiger partial charge in [0, 0.05) is 18.2 Å². The number of benzene rings is 3. The molecule has 0 radical (unpaired) electrons. The van der Waals surface area contributed by atoms with Crippen LogP contribution in [-0.2, 0) is 18.0 Å². The third-order valence-corrected chi connectivity index (χ3v) is 6.93. The second-order valence-corrected chi connectivity index (χ2v) is 9.60. The molecule has 1 aliphatic rings. The number of imidazole rings is 1. The Morgan fingerprint density at radius 3 is 2.41 bits per heavy atom. The maximum Gasteiger partial charge on any atom is 0.416 e. The summed E-state index contributed by atoms with van der Waals surface area (Å²) >= 11 is 6.14. The zero-order chi connectivity index (χ0) is 29.8. The van der Waals surface area contributed by atoms with Crippen LogP contribution in [0.2, 0.25) is 5.02 Å². The largest absolute Gasteiger partial charge is 0.416 e. The molecule has 1 amide bonds. The summed E-state index contributed by atoms with van der Waals surface area (Å²) in [5, 5.41) is 12.2. The molecular weight excluding hydrogens is 575 g/mol. The van der Waals surface area contributed by atoms with Crippen LogP contribution in [0.4, 0.5) is 27.6 Å². The first-order valence-corrected chi connectivity index (χ1v) is 12.1. The Balaban J connectivity index is 1.77. The lowest BCUT2D eigenvalue weighted by atomic mass is 9.95. The van der Waals surface area contributed by atoms with Crippen LogP contribution in [0.1, 0.15) is 43.4 Å². The molecule has 1 fully saturated rings. The third-order valence-electron chi connectivity index (χ3n) is 6.60. The third kappa shape index (κ3) is 4.85. The van der Waals surface area contributed by atoms with Gasteiger partial charge in [-0.1, -0.05) is 11.6 Å². The lowest BCUT2D eigenvalue weighted by Crippen LogP contribution is -2.37. The molecule has 3 aromatic carbocycles. The number of aromatic nitrogens is 2. The van der Waals surface area contributed by atoms with Gasteiger partial charge in [0.2, 0.25) is 0 Å². The molecular formula is C27H16ClF5N4O4. The Kier molecular flexibility index (Phi) is 6.92. The number of aryl methyl sites for hydroxylation is 1. The van der Waals surface area contributed by atoms with Crippen LogP contribution in [0.25, 0.3) is 11.0 Å². The smallest absolute Gasteiger partial charge is 0.377 e. The van der Waals surface area contributed by atoms with Gasteiger partial charge < -0.3 is 10.1 Å². The summed E-state index contributed by atoms with van der Waals surface area (Å²) in [7, 11) is 1.36. The van der Waals surface area contributed by atoms with Crippen LogP contribution < -0.4 is 11.0 Å². The Morgan fingerprint density at radius 2 is 1.80 bits per heavy atom. The summed E-state index contributed by atoms with van der Waals surface area (Å²) in [5.41, 5.74) is -4.32. The van der Waals surface area contributed by atoms with E-state index in [1.807, 2.05) is 6.07 Å². The highest BCUT2D eigenvalue weighted by atomic mass is 35.5. The quantitative estimate of drug-likeness (QED) is 0.254. The minimum atomic E-state index is -4.97. The van der Waals surface area contributed by atoms with Gasteiger partial charge in [-0.05, 0) is 42.5 Å². The van der Waals surface area contributed by atoms with Gasteiger partial charge >= 0.3 is 11.9 Å². The number of nitrogens with one attached hydrogen (secondary N) is 1. The van der Waals surface area contributed by atoms with Crippen molar-refractivity contribution in [3.63, 3.8) is 0 Å². The number of hydrogen-bond donors (Lipinski definition) is 1. The molecule has 41 heavy (non-hydrogen) atoms. The standard InChI is InChI=1S/C27H16ClF5N4O4/c1-36-23-18(9-34)22(24(38)17-7-14(29)2-3-19(17)28)20(8-21(23)37(26(36)40)16-10-41-11-16)35-25(39)12-4-13(27(31,32)33)6-15(30)5-12/h2-8,16H,10-11H2,1H3,(H,35,39). The lowest BCUT2D eigenvalue weighted by molar-refractivity contribution is -0.137. The number of hydrogen-bond acceptors (Lipinski definition) is 5. The van der Waals surface area contributed by atoms with Crippen molar-refractivity contribution in [1.29, 1.82) is 5.26 Å². The predicted molar refractivity (Wildman–Crippen MR) is 136 cm³/mol. The predicted octanol–water partition coefficient (Wildman–Crippen LogP) is 5.22. The van der Waals surface area contributed by atoms with Crippen molar-refractivity contribution < 1.29 is 36.3 Å². The number of ether oxygens (including phenoxy) is 1. The maximum absolute atomic E-state index is 14.1. The number of anilines is 1. The summed E-state index contributed by atoms with van der Waals surface area (Å²) in [6, 6.07) is 6.67. The van der Waals surface area contributed by atoms with Crippen molar-refractivity contribution in [2.75, 3.05) is 18.5 Å². The molecule has 5 rings (SSSR count). The van der Waals surface area contributed by atoms with Crippen molar-refractivity contribution in [1.82, 2.24) is 9.13 Å². The molecule has 2 heterocycles. The molecule has 0 bridgehead atoms. The van der Waals surface area contributed by atoms with E-state index in [-0.39, 0.29) is 40.9 Å². The molecule has 0 spiro atoms. The zero-order valence-electron chi connectivity index (χ0n) is 20.8. The number of halogens is 6. The zero-order valence-corrected chi connectivity index (χ0v) is 21.5. The van der Waals surface area contributed by atoms with Gasteiger partial charge in [0.1, 0.15) is 17.7 Å². The SMILES string of the molecule is Cn1c(=O)n(C2COC2)c2cc(NC(=O)c3cc(F)cc(C(F)(F)F)c3)c(C(=O)c3cc(F)ccc3Cl)c(C#N)c21. The highest BCUT2D eigenvalue weighted by Gasteiger charge is 2.34. The minimum Gasteiger partial charge on any atom is -0.377 e. The molecule has 1 N–H and O–H groups in total. The highest BCUT2D eigenvalue weighted by molar-refractivity contribution is 6.35. The van der Waals surface area contributed by atoms with E-state index in [0.717, 1.165) is 22.8 Å². The highest BCUT2D eigenvalue weighted by Crippen LogP contribution is 2.35. The molecule has 14 heteroatoms. The molecule has 210 valence electrons. The molecule has 0 saturated carbocycles. The summed E-state index contributed by atoms with van der Waals surface area (Å²) in [6.07, 6.45) is -4.97. The Hall–Kier alpha value is -4.54. The monoisotopic (exact) mass is 590 g/mol. The number of carbonyl (C=O) groups is 2. The fourth-order valence-corrected chi connectivity index (χ4v) is 4.80. The molecule has 4 aromatic rings. The van der Waals surface area contributed by atoms with Crippen molar-refractivity contribution in [3.05, 3.63) is 97.4 Å². The van der Waals surface area contributed by atoms with E-state index >= 15 is 0 Å². The van der Waals surface area contributed by atoms with E-state index in [4.69, 9.17) is 16.3 Å². The summed E-state index contributed by atoms with van der Waals surface area (Å²) in [5.74, 6) is -4.46. The van der Waals surface area contributed by atoms with E-state index in [1.165, 1.54) is 17.7 Å². The number of rotatable bonds is 5. The van der Waals surface area contributed by atoms with Gasteiger partial charge in [-0.3, -0.25) is 18.7 Å². The van der Waals surface area contributed by atoms with E-state index in [9.17, 15) is 41.6 Å². The number of nitriles is 1. The molecule has 0 aliphatic carbocycles. The van der Waals surface area contributed by atoms with Crippen molar-refractivity contribution in [3.8, 4) is 6.07 Å². The second-order valence-electron chi connectivity index (χ2n) is 9.19. The number of carbonyl (C=O) groups excluding carboxylic acids is 2. The lowest BCUT2D eigenvalue weighted by Gasteiger charge is -2.27. The molecule has 0 atom stereocenters. The van der Waals surface area contributed by atoms with Crippen LogP contribution in [0, 0.1) is 23.0 Å².